The van der Waals surface area contributed by atoms with E-state index in [2.05, 4.69) is 50.7 Å². The molecule has 0 radical (unpaired) electrons. The van der Waals surface area contributed by atoms with Crippen LogP contribution in [0.4, 0.5) is 10.1 Å². The Morgan fingerprint density at radius 3 is 3.04 bits per heavy atom. The van der Waals surface area contributed by atoms with Gasteiger partial charge in [-0.1, -0.05) is 18.2 Å². The Morgan fingerprint density at radius 2 is 2.26 bits per heavy atom. The van der Waals surface area contributed by atoms with Crippen LogP contribution in [0.25, 0.3) is 0 Å². The molecule has 7 heteroatoms. The van der Waals surface area contributed by atoms with Crippen LogP contribution in [-0.4, -0.2) is 53.7 Å². The Bertz CT molecular complexity index is 768. The predicted octanol–water partition coefficient (Wildman–Crippen LogP) is 3.89. The number of benzene rings is 1. The monoisotopic (exact) mass is 410 g/mol. The van der Waals surface area contributed by atoms with Crippen molar-refractivity contribution in [1.82, 2.24) is 14.8 Å². The fraction of sp³-hybridized carbons (Fsp3) is 0.550. The summed E-state index contributed by atoms with van der Waals surface area (Å²) in [6.07, 6.45) is 1.01. The largest absolute Gasteiger partial charge is 0.384 e. The molecule has 2 aliphatic heterocycles. The number of anilines is 1. The van der Waals surface area contributed by atoms with Crippen LogP contribution in [-0.2, 0) is 19.5 Å². The number of likely N-dealkylation sites (N-methyl/N-ethyl adjacent to an activating group) is 1. The highest BCUT2D eigenvalue weighted by Gasteiger charge is 2.33. The van der Waals surface area contributed by atoms with Crippen molar-refractivity contribution in [3.63, 3.8) is 0 Å². The maximum absolute atomic E-state index is 14.1. The highest BCUT2D eigenvalue weighted by molar-refractivity contribution is 7.09. The number of alkyl halides is 1. The minimum Gasteiger partial charge on any atom is -0.384 e. The highest BCUT2D eigenvalue weighted by Crippen LogP contribution is 2.28. The summed E-state index contributed by atoms with van der Waals surface area (Å²) in [5, 5.41) is 6.69. The first-order valence-corrected chi connectivity index (χ1v) is 10.3. The van der Waals surface area contributed by atoms with E-state index in [9.17, 15) is 4.39 Å². The van der Waals surface area contributed by atoms with Gasteiger partial charge >= 0.3 is 0 Å². The van der Waals surface area contributed by atoms with Crippen molar-refractivity contribution >= 4 is 29.4 Å². The second-order valence-electron chi connectivity index (χ2n) is 7.60. The highest BCUT2D eigenvalue weighted by atomic mass is 35.5. The van der Waals surface area contributed by atoms with Crippen molar-refractivity contribution in [2.24, 2.45) is 0 Å². The number of aryl methyl sites for hydroxylation is 1. The Labute approximate surface area is 171 Å². The molecule has 0 bridgehead atoms. The Balaban J connectivity index is 0.00000210. The van der Waals surface area contributed by atoms with Crippen molar-refractivity contribution in [2.75, 3.05) is 32.0 Å². The van der Waals surface area contributed by atoms with E-state index in [4.69, 9.17) is 0 Å². The number of nitrogens with zero attached hydrogens (tertiary/aromatic N) is 3. The van der Waals surface area contributed by atoms with Crippen LogP contribution < -0.4 is 5.32 Å². The topological polar surface area (TPSA) is 31.4 Å². The molecule has 0 aliphatic carbocycles. The molecule has 4 rings (SSSR count). The van der Waals surface area contributed by atoms with Crippen LogP contribution in [0.2, 0.25) is 0 Å². The number of aromatic nitrogens is 1. The lowest BCUT2D eigenvalue weighted by Gasteiger charge is -2.28. The van der Waals surface area contributed by atoms with Crippen molar-refractivity contribution in [1.29, 1.82) is 0 Å². The lowest BCUT2D eigenvalue weighted by Crippen LogP contribution is -2.38. The van der Waals surface area contributed by atoms with Gasteiger partial charge in [0.1, 0.15) is 6.17 Å². The number of hydrogen-bond donors (Lipinski definition) is 1. The van der Waals surface area contributed by atoms with Gasteiger partial charge in [-0.3, -0.25) is 4.90 Å². The van der Waals surface area contributed by atoms with E-state index in [0.29, 0.717) is 13.0 Å². The van der Waals surface area contributed by atoms with Gasteiger partial charge in [-0.25, -0.2) is 9.37 Å². The normalized spacial score (nSPS) is 21.9. The molecule has 1 aromatic carbocycles. The van der Waals surface area contributed by atoms with Gasteiger partial charge < -0.3 is 10.2 Å². The van der Waals surface area contributed by atoms with Gasteiger partial charge in [-0.05, 0) is 37.9 Å². The van der Waals surface area contributed by atoms with E-state index in [1.807, 2.05) is 6.92 Å². The summed E-state index contributed by atoms with van der Waals surface area (Å²) in [4.78, 5) is 9.15. The molecule has 0 amide bonds. The van der Waals surface area contributed by atoms with E-state index in [0.717, 1.165) is 43.3 Å². The van der Waals surface area contributed by atoms with E-state index in [1.54, 1.807) is 11.3 Å². The van der Waals surface area contributed by atoms with Crippen LogP contribution >= 0.6 is 23.7 Å². The molecule has 3 heterocycles. The third-order valence-electron chi connectivity index (χ3n) is 5.40. The maximum Gasteiger partial charge on any atom is 0.114 e. The second kappa shape index (κ2) is 8.86. The lowest BCUT2D eigenvalue weighted by atomic mass is 10.1. The molecular weight excluding hydrogens is 383 g/mol. The summed E-state index contributed by atoms with van der Waals surface area (Å²) in [6.45, 7) is 6.11. The first-order valence-electron chi connectivity index (χ1n) is 9.41. The van der Waals surface area contributed by atoms with Crippen LogP contribution in [0.5, 0.6) is 0 Å². The van der Waals surface area contributed by atoms with E-state index in [1.165, 1.54) is 16.8 Å². The van der Waals surface area contributed by atoms with Gasteiger partial charge in [0.15, 0.2) is 0 Å². The van der Waals surface area contributed by atoms with Gasteiger partial charge in [0.25, 0.3) is 0 Å². The molecular formula is C20H28ClFN4S. The van der Waals surface area contributed by atoms with E-state index < -0.39 is 6.17 Å². The number of nitrogens with one attached hydrogen (secondary N) is 1. The molecule has 0 unspecified atom stereocenters. The van der Waals surface area contributed by atoms with Crippen LogP contribution in [0.3, 0.4) is 0 Å². The molecule has 1 fully saturated rings. The van der Waals surface area contributed by atoms with Crippen molar-refractivity contribution < 1.29 is 4.39 Å². The average Bonchev–Trinajstić information content (AvgIpc) is 3.29. The minimum absolute atomic E-state index is 0. The van der Waals surface area contributed by atoms with E-state index in [-0.39, 0.29) is 18.4 Å². The van der Waals surface area contributed by atoms with Crippen molar-refractivity contribution in [2.45, 2.75) is 45.1 Å². The first kappa shape index (κ1) is 20.5. The van der Waals surface area contributed by atoms with Crippen LogP contribution in [0, 0.1) is 6.92 Å². The summed E-state index contributed by atoms with van der Waals surface area (Å²) in [5.74, 6) is 0. The van der Waals surface area contributed by atoms with Crippen LogP contribution in [0.15, 0.2) is 23.6 Å². The molecule has 2 aromatic rings. The Morgan fingerprint density at radius 1 is 1.41 bits per heavy atom. The summed E-state index contributed by atoms with van der Waals surface area (Å²) >= 11 is 1.67. The quantitative estimate of drug-likeness (QED) is 0.782. The number of para-hydroxylation sites is 1. The fourth-order valence-corrected chi connectivity index (χ4v) is 4.86. The van der Waals surface area contributed by atoms with Gasteiger partial charge in [0.05, 0.1) is 10.7 Å². The molecule has 1 saturated heterocycles. The van der Waals surface area contributed by atoms with Crippen molar-refractivity contribution in [3.05, 3.63) is 45.4 Å². The third kappa shape index (κ3) is 4.80. The first-order chi connectivity index (χ1) is 12.6. The number of halogens is 2. The minimum atomic E-state index is -0.726. The molecule has 0 saturated carbocycles. The molecule has 4 nitrogen and oxygen atoms in total. The molecule has 27 heavy (non-hydrogen) atoms. The van der Waals surface area contributed by atoms with Gasteiger partial charge in [-0.2, -0.15) is 0 Å². The zero-order valence-electron chi connectivity index (χ0n) is 15.9. The Kier molecular flexibility index (Phi) is 6.74. The zero-order valence-corrected chi connectivity index (χ0v) is 17.6. The van der Waals surface area contributed by atoms with Crippen molar-refractivity contribution in [3.8, 4) is 0 Å². The molecule has 1 N–H and O–H groups in total. The number of thiazole rings is 1. The third-order valence-corrected chi connectivity index (χ3v) is 6.23. The number of likely N-dealkylation sites (tertiary alicyclic amines) is 1. The summed E-state index contributed by atoms with van der Waals surface area (Å²) in [7, 11) is 2.14. The SMILES string of the molecule is Cc1nc(CN2C[C@@H](F)C[C@H]2CN(C)Cc2cccc3c2NCC3)cs1.Cl. The molecule has 2 atom stereocenters. The summed E-state index contributed by atoms with van der Waals surface area (Å²) < 4.78 is 14.1. The standard InChI is InChI=1S/C20H27FN4S.ClH/c1-14-23-18(13-26-14)11-25-10-17(21)8-19(25)12-24(2)9-16-5-3-4-15-6-7-22-20(15)16;/h3-5,13,17,19,22H,6-12H2,1-2H3;1H/t17-,19-;/m0./s1. The average molecular weight is 411 g/mol. The smallest absolute Gasteiger partial charge is 0.114 e. The molecule has 148 valence electrons. The van der Waals surface area contributed by atoms with Crippen LogP contribution in [0.1, 0.15) is 28.2 Å². The predicted molar refractivity (Wildman–Crippen MR) is 113 cm³/mol. The molecule has 2 aliphatic rings. The lowest BCUT2D eigenvalue weighted by molar-refractivity contribution is 0.179. The van der Waals surface area contributed by atoms with Gasteiger partial charge in [-0.15, -0.1) is 23.7 Å². The fourth-order valence-electron chi connectivity index (χ4n) is 4.25. The summed E-state index contributed by atoms with van der Waals surface area (Å²) in [5.41, 5.74) is 5.14. The zero-order chi connectivity index (χ0) is 18.1. The second-order valence-corrected chi connectivity index (χ2v) is 8.66. The number of fused-ring (bicyclic) bond motifs is 1. The molecule has 0 spiro atoms. The number of rotatable bonds is 6. The number of hydrogen-bond acceptors (Lipinski definition) is 5. The summed E-state index contributed by atoms with van der Waals surface area (Å²) in [6, 6.07) is 6.82. The van der Waals surface area contributed by atoms with Gasteiger partial charge in [0, 0.05) is 49.8 Å². The van der Waals surface area contributed by atoms with Gasteiger partial charge in [0.2, 0.25) is 0 Å². The molecule has 1 aromatic heterocycles. The maximum atomic E-state index is 14.1. The Hall–Kier alpha value is -1.21. The van der Waals surface area contributed by atoms with E-state index >= 15 is 0 Å².